The second-order valence-corrected chi connectivity index (χ2v) is 5.55. The van der Waals surface area contributed by atoms with E-state index in [2.05, 4.69) is 15.4 Å². The number of carbonyl (C=O) groups is 1. The summed E-state index contributed by atoms with van der Waals surface area (Å²) in [4.78, 5) is 16.6. The highest BCUT2D eigenvalue weighted by molar-refractivity contribution is 6.02. The molecule has 0 saturated carbocycles. The number of rotatable bonds is 6. The fraction of sp³-hybridized carbons (Fsp3) is 0.100. The number of nitrogens with one attached hydrogen (secondary N) is 1. The lowest BCUT2D eigenvalue weighted by molar-refractivity contribution is -0.111. The van der Waals surface area contributed by atoms with E-state index in [0.717, 1.165) is 0 Å². The summed E-state index contributed by atoms with van der Waals surface area (Å²) in [7, 11) is 3.10. The van der Waals surface area contributed by atoms with E-state index in [0.29, 0.717) is 22.9 Å². The lowest BCUT2D eigenvalue weighted by Gasteiger charge is -2.08. The molecule has 0 atom stereocenters. The Morgan fingerprint density at radius 2 is 2.11 bits per heavy atom. The Kier molecular flexibility index (Phi) is 5.67. The summed E-state index contributed by atoms with van der Waals surface area (Å²) in [5.41, 5.74) is 0.937. The van der Waals surface area contributed by atoms with Crippen molar-refractivity contribution in [1.29, 1.82) is 5.26 Å². The van der Waals surface area contributed by atoms with Gasteiger partial charge in [0.15, 0.2) is 11.6 Å². The van der Waals surface area contributed by atoms with Crippen molar-refractivity contribution in [2.45, 2.75) is 0 Å². The van der Waals surface area contributed by atoms with E-state index in [1.54, 1.807) is 55.8 Å². The summed E-state index contributed by atoms with van der Waals surface area (Å²) < 4.78 is 11.9. The number of benzene rings is 1. The van der Waals surface area contributed by atoms with Gasteiger partial charge in [-0.3, -0.25) is 4.79 Å². The van der Waals surface area contributed by atoms with Crippen molar-refractivity contribution in [3.63, 3.8) is 0 Å². The highest BCUT2D eigenvalue weighted by atomic mass is 16.5. The maximum atomic E-state index is 12.4. The first-order valence-electron chi connectivity index (χ1n) is 8.27. The maximum absolute atomic E-state index is 12.4. The minimum atomic E-state index is -0.424. The zero-order valence-corrected chi connectivity index (χ0v) is 15.3. The highest BCUT2D eigenvalue weighted by Gasteiger charge is 2.14. The number of hydrogen-bond acceptors (Lipinski definition) is 6. The van der Waals surface area contributed by atoms with E-state index in [-0.39, 0.29) is 11.4 Å². The van der Waals surface area contributed by atoms with Gasteiger partial charge in [-0.15, -0.1) is 0 Å². The van der Waals surface area contributed by atoms with Crippen molar-refractivity contribution in [3.8, 4) is 23.4 Å². The van der Waals surface area contributed by atoms with Crippen LogP contribution in [0.3, 0.4) is 0 Å². The fourth-order valence-corrected chi connectivity index (χ4v) is 2.48. The van der Waals surface area contributed by atoms with Crippen molar-refractivity contribution >= 4 is 17.8 Å². The quantitative estimate of drug-likeness (QED) is 0.665. The maximum Gasteiger partial charge on any atom is 0.249 e. The summed E-state index contributed by atoms with van der Waals surface area (Å²) in [6.07, 6.45) is 5.94. The van der Waals surface area contributed by atoms with E-state index in [4.69, 9.17) is 9.47 Å². The van der Waals surface area contributed by atoms with Gasteiger partial charge in [-0.05, 0) is 30.3 Å². The smallest absolute Gasteiger partial charge is 0.249 e. The third-order valence-corrected chi connectivity index (χ3v) is 3.85. The number of aromatic nitrogens is 3. The molecule has 140 valence electrons. The third kappa shape index (κ3) is 3.99. The van der Waals surface area contributed by atoms with Crippen LogP contribution in [-0.2, 0) is 4.79 Å². The first-order chi connectivity index (χ1) is 13.7. The first-order valence-corrected chi connectivity index (χ1v) is 8.27. The predicted octanol–water partition coefficient (Wildman–Crippen LogP) is 2.81. The molecule has 0 aliphatic carbocycles. The molecule has 8 heteroatoms. The van der Waals surface area contributed by atoms with E-state index in [9.17, 15) is 10.1 Å². The van der Waals surface area contributed by atoms with Gasteiger partial charge in [0.05, 0.1) is 20.4 Å². The molecule has 8 nitrogen and oxygen atoms in total. The van der Waals surface area contributed by atoms with Crippen molar-refractivity contribution in [2.24, 2.45) is 0 Å². The van der Waals surface area contributed by atoms with Gasteiger partial charge in [0.1, 0.15) is 23.1 Å². The van der Waals surface area contributed by atoms with Crippen LogP contribution in [0.4, 0.5) is 5.82 Å². The van der Waals surface area contributed by atoms with Crippen LogP contribution in [-0.4, -0.2) is 34.9 Å². The molecular weight excluding hydrogens is 358 g/mol. The van der Waals surface area contributed by atoms with Crippen LogP contribution in [0.2, 0.25) is 0 Å². The Hall–Kier alpha value is -4.12. The molecule has 0 aliphatic heterocycles. The number of carbonyl (C=O) groups excluding carboxylic acids is 1. The largest absolute Gasteiger partial charge is 0.497 e. The number of hydrogen-bond donors (Lipinski definition) is 1. The summed E-state index contributed by atoms with van der Waals surface area (Å²) in [6, 6.07) is 12.6. The molecule has 0 saturated heterocycles. The number of ether oxygens (including phenoxy) is 2. The molecule has 1 amide bonds. The minimum Gasteiger partial charge on any atom is -0.497 e. The first kappa shape index (κ1) is 18.7. The number of pyridine rings is 1. The van der Waals surface area contributed by atoms with Gasteiger partial charge in [0.2, 0.25) is 5.91 Å². The fourth-order valence-electron chi connectivity index (χ4n) is 2.48. The number of amides is 1. The Balaban J connectivity index is 1.84. The van der Waals surface area contributed by atoms with Crippen molar-refractivity contribution in [3.05, 3.63) is 66.0 Å². The van der Waals surface area contributed by atoms with Gasteiger partial charge in [0, 0.05) is 23.9 Å². The topological polar surface area (TPSA) is 102 Å². The molecule has 0 radical (unpaired) electrons. The van der Waals surface area contributed by atoms with Crippen molar-refractivity contribution in [2.75, 3.05) is 19.5 Å². The van der Waals surface area contributed by atoms with Gasteiger partial charge in [-0.25, -0.2) is 4.98 Å². The summed E-state index contributed by atoms with van der Waals surface area (Å²) in [6.45, 7) is 0. The van der Waals surface area contributed by atoms with Crippen molar-refractivity contribution < 1.29 is 14.3 Å². The zero-order chi connectivity index (χ0) is 19.9. The van der Waals surface area contributed by atoms with Gasteiger partial charge < -0.3 is 14.8 Å². The summed E-state index contributed by atoms with van der Waals surface area (Å²) in [5.74, 6) is 1.53. The molecule has 3 rings (SSSR count). The number of nitriles is 1. The van der Waals surface area contributed by atoms with E-state index in [1.807, 2.05) is 6.07 Å². The van der Waals surface area contributed by atoms with Crippen LogP contribution >= 0.6 is 0 Å². The third-order valence-electron chi connectivity index (χ3n) is 3.85. The molecule has 1 N–H and O–H groups in total. The molecule has 2 heterocycles. The summed E-state index contributed by atoms with van der Waals surface area (Å²) >= 11 is 0. The molecular formula is C20H17N5O3. The molecule has 0 fully saturated rings. The van der Waals surface area contributed by atoms with Gasteiger partial charge in [-0.1, -0.05) is 6.07 Å². The van der Waals surface area contributed by atoms with Crippen molar-refractivity contribution in [1.82, 2.24) is 14.8 Å². The van der Waals surface area contributed by atoms with Crippen LogP contribution in [0.25, 0.3) is 11.9 Å². The van der Waals surface area contributed by atoms with Crippen LogP contribution in [0.5, 0.6) is 11.5 Å². The summed E-state index contributed by atoms with van der Waals surface area (Å²) in [5, 5.41) is 16.1. The predicted molar refractivity (Wildman–Crippen MR) is 103 cm³/mol. The second kappa shape index (κ2) is 8.51. The van der Waals surface area contributed by atoms with Gasteiger partial charge in [0.25, 0.3) is 0 Å². The van der Waals surface area contributed by atoms with Crippen LogP contribution < -0.4 is 14.8 Å². The van der Waals surface area contributed by atoms with Gasteiger partial charge in [-0.2, -0.15) is 15.0 Å². The molecule has 0 aliphatic rings. The average Bonchev–Trinajstić information content (AvgIpc) is 3.15. The highest BCUT2D eigenvalue weighted by Crippen LogP contribution is 2.25. The molecule has 3 aromatic rings. The lowest BCUT2D eigenvalue weighted by Crippen LogP contribution is -2.13. The Labute approximate surface area is 161 Å². The second-order valence-electron chi connectivity index (χ2n) is 5.55. The van der Waals surface area contributed by atoms with E-state index < -0.39 is 5.91 Å². The minimum absolute atomic E-state index is 0.231. The van der Waals surface area contributed by atoms with Crippen LogP contribution in [0, 0.1) is 11.3 Å². The molecule has 0 bridgehead atoms. The number of methoxy groups -OCH3 is 2. The molecule has 0 spiro atoms. The zero-order valence-electron chi connectivity index (χ0n) is 15.3. The lowest BCUT2D eigenvalue weighted by atomic mass is 10.1. The molecule has 2 aromatic heterocycles. The Bertz CT molecular complexity index is 1050. The SMILES string of the molecule is COc1ccc(/C=C/C(=O)Nc2c(C#N)cnn2-c2ccccn2)c(OC)c1. The Morgan fingerprint density at radius 1 is 1.25 bits per heavy atom. The van der Waals surface area contributed by atoms with Crippen LogP contribution in [0.15, 0.2) is 54.9 Å². The monoisotopic (exact) mass is 375 g/mol. The van der Waals surface area contributed by atoms with Crippen LogP contribution in [0.1, 0.15) is 11.1 Å². The van der Waals surface area contributed by atoms with E-state index in [1.165, 1.54) is 24.1 Å². The normalized spacial score (nSPS) is 10.5. The molecule has 1 aromatic carbocycles. The number of anilines is 1. The van der Waals surface area contributed by atoms with Gasteiger partial charge >= 0.3 is 0 Å². The van der Waals surface area contributed by atoms with E-state index >= 15 is 0 Å². The molecule has 28 heavy (non-hydrogen) atoms. The average molecular weight is 375 g/mol. The number of nitrogens with zero attached hydrogens (tertiary/aromatic N) is 4. The standard InChI is InChI=1S/C20H17N5O3/c1-27-16-8-6-14(17(11-16)28-2)7-9-19(26)24-20-15(12-21)13-23-25(20)18-5-3-4-10-22-18/h3-11,13H,1-2H3,(H,24,26)/b9-7+. The Morgan fingerprint density at radius 3 is 2.79 bits per heavy atom. The molecule has 0 unspecified atom stereocenters.